The first-order valence-electron chi connectivity index (χ1n) is 9.02. The molecule has 0 saturated carbocycles. The Bertz CT molecular complexity index is 839. The van der Waals surface area contributed by atoms with E-state index in [1.165, 1.54) is 0 Å². The second kappa shape index (κ2) is 11.2. The van der Waals surface area contributed by atoms with Crippen molar-refractivity contribution in [3.05, 3.63) is 71.8 Å². The van der Waals surface area contributed by atoms with Crippen LogP contribution >= 0.6 is 0 Å². The summed E-state index contributed by atoms with van der Waals surface area (Å²) in [6.45, 7) is 1.07. The number of esters is 1. The van der Waals surface area contributed by atoms with E-state index in [1.54, 1.807) is 61.5 Å². The molecule has 0 aromatic heterocycles. The minimum Gasteiger partial charge on any atom is -0.455 e. The highest BCUT2D eigenvalue weighted by Gasteiger charge is 2.21. The lowest BCUT2D eigenvalue weighted by atomic mass is 10.0. The summed E-state index contributed by atoms with van der Waals surface area (Å²) in [6.07, 6.45) is -1.10. The Morgan fingerprint density at radius 1 is 0.897 bits per heavy atom. The smallest absolute Gasteiger partial charge is 0.413 e. The number of imide groups is 1. The van der Waals surface area contributed by atoms with Crippen molar-refractivity contribution in [2.24, 2.45) is 0 Å². The van der Waals surface area contributed by atoms with Gasteiger partial charge in [-0.1, -0.05) is 48.5 Å². The fourth-order valence-electron chi connectivity index (χ4n) is 2.46. The van der Waals surface area contributed by atoms with Gasteiger partial charge in [-0.15, -0.1) is 0 Å². The molecule has 0 fully saturated rings. The molecule has 2 aromatic rings. The Labute approximate surface area is 168 Å². The lowest BCUT2D eigenvalue weighted by Crippen LogP contribution is -2.35. The zero-order valence-corrected chi connectivity index (χ0v) is 15.9. The van der Waals surface area contributed by atoms with Gasteiger partial charge in [0.1, 0.15) is 0 Å². The molecule has 29 heavy (non-hydrogen) atoms. The third-order valence-corrected chi connectivity index (χ3v) is 3.80. The van der Waals surface area contributed by atoms with Crippen LogP contribution in [0.25, 0.3) is 0 Å². The van der Waals surface area contributed by atoms with Gasteiger partial charge >= 0.3 is 12.1 Å². The number of nitrogens with one attached hydrogen (secondary N) is 2. The number of hydrogen-bond acceptors (Lipinski definition) is 6. The molecule has 0 heterocycles. The fourth-order valence-corrected chi connectivity index (χ4v) is 2.46. The van der Waals surface area contributed by atoms with Crippen molar-refractivity contribution in [3.8, 4) is 0 Å². The minimum atomic E-state index is -0.911. The maximum Gasteiger partial charge on any atom is 0.413 e. The molecule has 0 saturated heterocycles. The lowest BCUT2D eigenvalue weighted by Gasteiger charge is -2.18. The Kier molecular flexibility index (Phi) is 8.37. The molecule has 8 nitrogen and oxygen atoms in total. The molecule has 0 aliphatic carbocycles. The van der Waals surface area contributed by atoms with Gasteiger partial charge in [-0.05, 0) is 24.6 Å². The first kappa shape index (κ1) is 21.6. The van der Waals surface area contributed by atoms with Crippen LogP contribution in [0.4, 0.5) is 4.79 Å². The molecule has 0 radical (unpaired) electrons. The van der Waals surface area contributed by atoms with Crippen molar-refractivity contribution < 1.29 is 28.7 Å². The average Bonchev–Trinajstić information content (AvgIpc) is 2.73. The first-order valence-corrected chi connectivity index (χ1v) is 9.02. The van der Waals surface area contributed by atoms with Gasteiger partial charge in [-0.3, -0.25) is 19.7 Å². The Morgan fingerprint density at radius 3 is 2.14 bits per heavy atom. The number of rotatable bonds is 8. The third-order valence-electron chi connectivity index (χ3n) is 3.80. The summed E-state index contributed by atoms with van der Waals surface area (Å²) < 4.78 is 9.48. The van der Waals surface area contributed by atoms with Gasteiger partial charge in [0.25, 0.3) is 11.8 Å². The molecule has 3 amide bonds. The molecule has 0 bridgehead atoms. The van der Waals surface area contributed by atoms with E-state index in [-0.39, 0.29) is 18.9 Å². The van der Waals surface area contributed by atoms with Crippen molar-refractivity contribution in [2.75, 3.05) is 13.2 Å². The molecule has 0 unspecified atom stereocenters. The summed E-state index contributed by atoms with van der Waals surface area (Å²) in [6, 6.07) is 16.9. The highest BCUT2D eigenvalue weighted by Crippen LogP contribution is 2.18. The van der Waals surface area contributed by atoms with E-state index >= 15 is 0 Å². The average molecular weight is 398 g/mol. The quantitative estimate of drug-likeness (QED) is 0.661. The van der Waals surface area contributed by atoms with Crippen molar-refractivity contribution in [2.45, 2.75) is 19.4 Å². The molecule has 152 valence electrons. The van der Waals surface area contributed by atoms with E-state index < -0.39 is 30.6 Å². The topological polar surface area (TPSA) is 111 Å². The highest BCUT2D eigenvalue weighted by molar-refractivity contribution is 5.95. The summed E-state index contributed by atoms with van der Waals surface area (Å²) in [5.74, 6) is -1.85. The van der Waals surface area contributed by atoms with Gasteiger partial charge in [0.2, 0.25) is 0 Å². The first-order chi connectivity index (χ1) is 14.0. The molecule has 0 aliphatic rings. The van der Waals surface area contributed by atoms with Crippen LogP contribution in [0.15, 0.2) is 60.7 Å². The summed E-state index contributed by atoms with van der Waals surface area (Å²) >= 11 is 0. The monoisotopic (exact) mass is 398 g/mol. The number of amides is 3. The maximum absolute atomic E-state index is 12.5. The van der Waals surface area contributed by atoms with Gasteiger partial charge in [0.15, 0.2) is 6.61 Å². The summed E-state index contributed by atoms with van der Waals surface area (Å²) in [7, 11) is 0. The Morgan fingerprint density at radius 2 is 1.52 bits per heavy atom. The second-order valence-corrected chi connectivity index (χ2v) is 5.94. The van der Waals surface area contributed by atoms with Gasteiger partial charge in [0.05, 0.1) is 19.1 Å². The number of ether oxygens (including phenoxy) is 2. The van der Waals surface area contributed by atoms with E-state index in [4.69, 9.17) is 4.74 Å². The van der Waals surface area contributed by atoms with E-state index in [1.807, 2.05) is 11.4 Å². The van der Waals surface area contributed by atoms with Crippen LogP contribution in [0.2, 0.25) is 0 Å². The molecular formula is C21H22N2O6. The molecule has 0 aliphatic heterocycles. The van der Waals surface area contributed by atoms with Crippen molar-refractivity contribution in [3.63, 3.8) is 0 Å². The molecule has 1 atom stereocenters. The molecule has 2 rings (SSSR count). The van der Waals surface area contributed by atoms with Gasteiger partial charge in [-0.25, -0.2) is 4.79 Å². The van der Waals surface area contributed by atoms with Gasteiger partial charge < -0.3 is 14.8 Å². The normalized spacial score (nSPS) is 11.1. The van der Waals surface area contributed by atoms with E-state index in [9.17, 15) is 19.2 Å². The standard InChI is InChI=1S/C21H22N2O6/c1-2-28-21(27)23-18(24)14-29-19(25)13-17(15-9-5-3-6-10-15)22-20(26)16-11-7-4-8-12-16/h3-12,17H,2,13-14H2,1H3,(H,22,26)(H,23,24,27)/t17-/m0/s1. The SMILES string of the molecule is CCOC(=O)NC(=O)COC(=O)C[C@H](NC(=O)c1ccccc1)c1ccccc1. The maximum atomic E-state index is 12.5. The Balaban J connectivity index is 1.97. The van der Waals surface area contributed by atoms with Crippen molar-refractivity contribution in [1.82, 2.24) is 10.6 Å². The number of carbonyl (C=O) groups is 4. The number of hydrogen-bond donors (Lipinski definition) is 2. The number of alkyl carbamates (subject to hydrolysis) is 1. The molecular weight excluding hydrogens is 376 g/mol. The summed E-state index contributed by atoms with van der Waals surface area (Å²) in [5.41, 5.74) is 1.17. The number of benzene rings is 2. The van der Waals surface area contributed by atoms with E-state index in [0.29, 0.717) is 11.1 Å². The number of carbonyl (C=O) groups excluding carboxylic acids is 4. The molecule has 0 spiro atoms. The van der Waals surface area contributed by atoms with Crippen molar-refractivity contribution in [1.29, 1.82) is 0 Å². The molecule has 2 N–H and O–H groups in total. The Hall–Kier alpha value is -3.68. The third kappa shape index (κ3) is 7.45. The zero-order valence-electron chi connectivity index (χ0n) is 15.9. The predicted molar refractivity (Wildman–Crippen MR) is 104 cm³/mol. The van der Waals surface area contributed by atoms with Gasteiger partial charge in [-0.2, -0.15) is 0 Å². The van der Waals surface area contributed by atoms with Crippen molar-refractivity contribution >= 4 is 23.9 Å². The minimum absolute atomic E-state index is 0.110. The van der Waals surface area contributed by atoms with E-state index in [2.05, 4.69) is 10.1 Å². The summed E-state index contributed by atoms with van der Waals surface area (Å²) in [4.78, 5) is 47.4. The lowest BCUT2D eigenvalue weighted by molar-refractivity contribution is -0.148. The molecule has 2 aromatic carbocycles. The van der Waals surface area contributed by atoms with Crippen LogP contribution in [0.1, 0.15) is 35.3 Å². The zero-order chi connectivity index (χ0) is 21.1. The summed E-state index contributed by atoms with van der Waals surface area (Å²) in [5, 5.41) is 4.73. The highest BCUT2D eigenvalue weighted by atomic mass is 16.6. The predicted octanol–water partition coefficient (Wildman–Crippen LogP) is 2.36. The van der Waals surface area contributed by atoms with Crippen LogP contribution in [0.3, 0.4) is 0 Å². The van der Waals surface area contributed by atoms with Crippen LogP contribution in [0, 0.1) is 0 Å². The fraction of sp³-hybridized carbons (Fsp3) is 0.238. The van der Waals surface area contributed by atoms with Gasteiger partial charge in [0, 0.05) is 5.56 Å². The second-order valence-electron chi connectivity index (χ2n) is 5.94. The van der Waals surface area contributed by atoms with Crippen LogP contribution in [-0.2, 0) is 19.1 Å². The molecule has 8 heteroatoms. The van der Waals surface area contributed by atoms with Crippen LogP contribution < -0.4 is 10.6 Å². The largest absolute Gasteiger partial charge is 0.455 e. The van der Waals surface area contributed by atoms with E-state index in [0.717, 1.165) is 0 Å². The van der Waals surface area contributed by atoms with Crippen LogP contribution in [0.5, 0.6) is 0 Å². The van der Waals surface area contributed by atoms with Crippen LogP contribution in [-0.4, -0.2) is 37.1 Å².